The van der Waals surface area contributed by atoms with Gasteiger partial charge in [0.25, 0.3) is 0 Å². The Bertz CT molecular complexity index is 594. The third-order valence-corrected chi connectivity index (χ3v) is 5.28. The van der Waals surface area contributed by atoms with E-state index in [0.717, 1.165) is 65.3 Å². The summed E-state index contributed by atoms with van der Waals surface area (Å²) in [6.07, 6.45) is 5.71. The molecular formula is C21H35IN4O2. The maximum Gasteiger partial charge on any atom is 0.188 e. The molecule has 3 rings (SSSR count). The number of halogens is 1. The molecule has 158 valence electrons. The van der Waals surface area contributed by atoms with Crippen LogP contribution in [-0.2, 0) is 15.9 Å². The molecule has 1 aliphatic heterocycles. The third-order valence-electron chi connectivity index (χ3n) is 5.28. The number of hydrogen-bond acceptors (Lipinski definition) is 4. The molecule has 2 aliphatic rings. The first kappa shape index (κ1) is 23.4. The summed E-state index contributed by atoms with van der Waals surface area (Å²) in [4.78, 5) is 6.83. The van der Waals surface area contributed by atoms with Gasteiger partial charge in [-0.2, -0.15) is 0 Å². The predicted octanol–water partition coefficient (Wildman–Crippen LogP) is 2.72. The lowest BCUT2D eigenvalue weighted by Crippen LogP contribution is -2.39. The lowest BCUT2D eigenvalue weighted by molar-refractivity contribution is 0.0376. The van der Waals surface area contributed by atoms with Crippen molar-refractivity contribution in [3.05, 3.63) is 35.4 Å². The molecule has 0 amide bonds. The standard InChI is InChI=1S/C21H34N4O2.HI/c22-21(23-10-4-12-25-13-16-26-17-14-25)24-11-5-15-27-20-9-3-7-18-6-1-2-8-19(18)20;/h1-2,6,8,20H,3-5,7,9-17H2,(H3,22,23,24);1H. The van der Waals surface area contributed by atoms with E-state index >= 15 is 0 Å². The van der Waals surface area contributed by atoms with Crippen LogP contribution in [0.25, 0.3) is 0 Å². The molecule has 1 aromatic carbocycles. The van der Waals surface area contributed by atoms with Gasteiger partial charge in [-0.3, -0.25) is 9.89 Å². The smallest absolute Gasteiger partial charge is 0.188 e. The van der Waals surface area contributed by atoms with Crippen molar-refractivity contribution in [3.8, 4) is 0 Å². The first-order valence-corrected chi connectivity index (χ1v) is 10.4. The van der Waals surface area contributed by atoms with Crippen molar-refractivity contribution in [2.45, 2.75) is 38.2 Å². The van der Waals surface area contributed by atoms with Gasteiger partial charge in [-0.05, 0) is 49.8 Å². The number of fused-ring (bicyclic) bond motifs is 1. The number of rotatable bonds is 9. The molecule has 1 aromatic rings. The van der Waals surface area contributed by atoms with Crippen LogP contribution in [0.4, 0.5) is 0 Å². The second-order valence-corrected chi connectivity index (χ2v) is 7.31. The monoisotopic (exact) mass is 502 g/mol. The van der Waals surface area contributed by atoms with Gasteiger partial charge in [0.05, 0.1) is 19.3 Å². The molecule has 1 fully saturated rings. The summed E-state index contributed by atoms with van der Waals surface area (Å²) in [6, 6.07) is 8.65. The molecule has 1 unspecified atom stereocenters. The van der Waals surface area contributed by atoms with Gasteiger partial charge in [-0.25, -0.2) is 0 Å². The van der Waals surface area contributed by atoms with Gasteiger partial charge in [0.1, 0.15) is 0 Å². The van der Waals surface area contributed by atoms with Crippen molar-refractivity contribution in [3.63, 3.8) is 0 Å². The zero-order valence-corrected chi connectivity index (χ0v) is 19.1. The van der Waals surface area contributed by atoms with Crippen molar-refractivity contribution < 1.29 is 9.47 Å². The van der Waals surface area contributed by atoms with Crippen molar-refractivity contribution in [2.24, 2.45) is 10.7 Å². The van der Waals surface area contributed by atoms with E-state index in [0.29, 0.717) is 12.5 Å². The topological polar surface area (TPSA) is 72.1 Å². The van der Waals surface area contributed by atoms with E-state index in [2.05, 4.69) is 39.5 Å². The van der Waals surface area contributed by atoms with Crippen LogP contribution < -0.4 is 11.1 Å². The summed E-state index contributed by atoms with van der Waals surface area (Å²) < 4.78 is 11.5. The number of nitrogens with one attached hydrogen (secondary N) is 1. The van der Waals surface area contributed by atoms with Gasteiger partial charge >= 0.3 is 0 Å². The summed E-state index contributed by atoms with van der Waals surface area (Å²) in [5, 5.41) is 3.20. The molecule has 7 heteroatoms. The fourth-order valence-electron chi connectivity index (χ4n) is 3.77. The summed E-state index contributed by atoms with van der Waals surface area (Å²) in [5.41, 5.74) is 8.76. The highest BCUT2D eigenvalue weighted by molar-refractivity contribution is 14.0. The Hall–Kier alpha value is -0.900. The summed E-state index contributed by atoms with van der Waals surface area (Å²) in [5.74, 6) is 0.542. The Kier molecular flexibility index (Phi) is 11.1. The van der Waals surface area contributed by atoms with Crippen LogP contribution in [0.2, 0.25) is 0 Å². The van der Waals surface area contributed by atoms with Gasteiger partial charge in [-0.1, -0.05) is 24.3 Å². The Morgan fingerprint density at radius 2 is 2.07 bits per heavy atom. The Morgan fingerprint density at radius 1 is 1.25 bits per heavy atom. The van der Waals surface area contributed by atoms with Gasteiger partial charge in [0.15, 0.2) is 5.96 Å². The van der Waals surface area contributed by atoms with Gasteiger partial charge in [-0.15, -0.1) is 24.0 Å². The fourth-order valence-corrected chi connectivity index (χ4v) is 3.77. The molecule has 0 aromatic heterocycles. The molecule has 1 saturated heterocycles. The highest BCUT2D eigenvalue weighted by Gasteiger charge is 2.19. The van der Waals surface area contributed by atoms with Crippen LogP contribution >= 0.6 is 24.0 Å². The van der Waals surface area contributed by atoms with E-state index < -0.39 is 0 Å². The van der Waals surface area contributed by atoms with E-state index in [4.69, 9.17) is 15.2 Å². The van der Waals surface area contributed by atoms with Crippen LogP contribution in [0.5, 0.6) is 0 Å². The number of morpholine rings is 1. The van der Waals surface area contributed by atoms with Crippen molar-refractivity contribution >= 4 is 29.9 Å². The first-order chi connectivity index (χ1) is 13.3. The van der Waals surface area contributed by atoms with Crippen LogP contribution in [0.3, 0.4) is 0 Å². The minimum absolute atomic E-state index is 0. The quantitative estimate of drug-likeness (QED) is 0.235. The normalized spacial score (nSPS) is 20.3. The summed E-state index contributed by atoms with van der Waals surface area (Å²) in [6.45, 7) is 7.16. The second-order valence-electron chi connectivity index (χ2n) is 7.31. The first-order valence-electron chi connectivity index (χ1n) is 10.4. The molecule has 0 spiro atoms. The fraction of sp³-hybridized carbons (Fsp3) is 0.667. The van der Waals surface area contributed by atoms with Gasteiger partial charge < -0.3 is 20.5 Å². The average Bonchev–Trinajstić information content (AvgIpc) is 2.72. The largest absolute Gasteiger partial charge is 0.379 e. The van der Waals surface area contributed by atoms with Crippen LogP contribution in [0.15, 0.2) is 29.3 Å². The highest BCUT2D eigenvalue weighted by Crippen LogP contribution is 2.32. The van der Waals surface area contributed by atoms with E-state index in [1.54, 1.807) is 0 Å². The number of guanidine groups is 1. The second kappa shape index (κ2) is 13.3. The number of hydrogen-bond donors (Lipinski definition) is 2. The van der Waals surface area contributed by atoms with E-state index in [-0.39, 0.29) is 30.1 Å². The lowest BCUT2D eigenvalue weighted by Gasteiger charge is -2.26. The molecule has 1 heterocycles. The van der Waals surface area contributed by atoms with Crippen LogP contribution in [-0.4, -0.2) is 63.4 Å². The maximum absolute atomic E-state index is 6.11. The Balaban J connectivity index is 0.00000280. The molecule has 28 heavy (non-hydrogen) atoms. The van der Waals surface area contributed by atoms with Gasteiger partial charge in [0.2, 0.25) is 0 Å². The maximum atomic E-state index is 6.11. The molecule has 0 radical (unpaired) electrons. The molecule has 1 atom stereocenters. The number of benzene rings is 1. The number of ether oxygens (including phenoxy) is 2. The summed E-state index contributed by atoms with van der Waals surface area (Å²) in [7, 11) is 0. The minimum atomic E-state index is 0. The highest BCUT2D eigenvalue weighted by atomic mass is 127. The van der Waals surface area contributed by atoms with E-state index in [1.807, 2.05) is 0 Å². The van der Waals surface area contributed by atoms with Crippen molar-refractivity contribution in [1.29, 1.82) is 0 Å². The number of aryl methyl sites for hydroxylation is 1. The molecule has 3 N–H and O–H groups in total. The molecule has 6 nitrogen and oxygen atoms in total. The van der Waals surface area contributed by atoms with Crippen molar-refractivity contribution in [1.82, 2.24) is 10.2 Å². The van der Waals surface area contributed by atoms with Crippen LogP contribution in [0, 0.1) is 0 Å². The third kappa shape index (κ3) is 7.85. The van der Waals surface area contributed by atoms with E-state index in [1.165, 1.54) is 24.0 Å². The molecular weight excluding hydrogens is 467 g/mol. The summed E-state index contributed by atoms with van der Waals surface area (Å²) >= 11 is 0. The zero-order chi connectivity index (χ0) is 18.7. The number of nitrogens with zero attached hydrogens (tertiary/aromatic N) is 2. The van der Waals surface area contributed by atoms with E-state index in [9.17, 15) is 0 Å². The average molecular weight is 502 g/mol. The molecule has 0 saturated carbocycles. The van der Waals surface area contributed by atoms with Gasteiger partial charge in [0, 0.05) is 32.8 Å². The lowest BCUT2D eigenvalue weighted by atomic mass is 9.89. The zero-order valence-electron chi connectivity index (χ0n) is 16.8. The number of nitrogens with two attached hydrogens (primary N) is 1. The number of aliphatic imine (C=N–C) groups is 1. The molecule has 0 bridgehead atoms. The SMILES string of the molecule is I.NC(=NCCCOC1CCCc2ccccc21)NCCCN1CCOCC1. The predicted molar refractivity (Wildman–Crippen MR) is 124 cm³/mol. The minimum Gasteiger partial charge on any atom is -0.379 e. The van der Waals surface area contributed by atoms with Crippen LogP contribution in [0.1, 0.15) is 42.9 Å². The Labute approximate surface area is 186 Å². The molecule has 1 aliphatic carbocycles. The van der Waals surface area contributed by atoms with Crippen molar-refractivity contribution in [2.75, 3.05) is 52.5 Å². The Morgan fingerprint density at radius 3 is 2.93 bits per heavy atom.